The predicted octanol–water partition coefficient (Wildman–Crippen LogP) is 6.18. The number of aromatic nitrogens is 1. The first-order chi connectivity index (χ1) is 26.1. The molecule has 2 atom stereocenters. The Balaban J connectivity index is 1.52. The number of nitrogens with zero attached hydrogens (tertiary/aromatic N) is 3. The normalized spacial score (nSPS) is 17.7. The third-order valence-electron chi connectivity index (χ3n) is 9.95. The number of phenolic OH excluding ortho intramolecular Hbond substituents is 2. The van der Waals surface area contributed by atoms with Gasteiger partial charge in [0.05, 0.1) is 33.0 Å². The van der Waals surface area contributed by atoms with E-state index < -0.39 is 23.7 Å². The van der Waals surface area contributed by atoms with Crippen molar-refractivity contribution in [3.8, 4) is 34.8 Å². The van der Waals surface area contributed by atoms with Crippen molar-refractivity contribution in [2.45, 2.75) is 82.8 Å². The molecule has 0 saturated carbocycles. The van der Waals surface area contributed by atoms with Crippen molar-refractivity contribution >= 4 is 29.6 Å². The standard InChI is InChI=1S/C41H48N4O9/c1-25-10-8-14-30(46)13-7-5-6-11-26-20-32(47)37(38(49)36(26)41(50)54-25)31(28-21-33(51-2)39(53-4)34(22-28)52-3)23-35(48)44-29-15-18-45(19-16-29)40-27(24-42)12-9-17-43-40/h6,9,11-12,17,20-22,25,29,31,47,49H,5,7-8,10,13-16,18-19,23H2,1-4H3,(H,44,48)/t25-,31?/m0/s1. The quantitative estimate of drug-likeness (QED) is 0.212. The Kier molecular flexibility index (Phi) is 13.4. The molecule has 1 amide bonds. The topological polar surface area (TPSA) is 181 Å². The number of anilines is 1. The molecule has 1 aromatic heterocycles. The molecule has 3 aromatic rings. The Morgan fingerprint density at radius 2 is 1.76 bits per heavy atom. The van der Waals surface area contributed by atoms with E-state index in [0.29, 0.717) is 98.6 Å². The first-order valence-electron chi connectivity index (χ1n) is 18.3. The number of Topliss-reactive ketones (excluding diaryl/α,β-unsaturated/α-hetero) is 1. The molecular weight excluding hydrogens is 692 g/mol. The summed E-state index contributed by atoms with van der Waals surface area (Å²) in [5.74, 6) is -1.33. The molecule has 1 saturated heterocycles. The average Bonchev–Trinajstić information content (AvgIpc) is 3.16. The van der Waals surface area contributed by atoms with Crippen molar-refractivity contribution in [2.24, 2.45) is 0 Å². The highest BCUT2D eigenvalue weighted by molar-refractivity contribution is 5.98. The van der Waals surface area contributed by atoms with E-state index in [1.807, 2.05) is 4.90 Å². The number of allylic oxidation sites excluding steroid dienone is 1. The summed E-state index contributed by atoms with van der Waals surface area (Å²) in [6.45, 7) is 2.88. The molecule has 0 bridgehead atoms. The molecule has 2 aliphatic rings. The first-order valence-corrected chi connectivity index (χ1v) is 18.3. The summed E-state index contributed by atoms with van der Waals surface area (Å²) in [5, 5.41) is 36.3. The van der Waals surface area contributed by atoms with Crippen molar-refractivity contribution in [1.82, 2.24) is 10.3 Å². The maximum atomic E-state index is 14.0. The number of ether oxygens (including phenoxy) is 4. The molecule has 0 aliphatic carbocycles. The number of nitrogens with one attached hydrogen (secondary N) is 1. The molecule has 54 heavy (non-hydrogen) atoms. The Labute approximate surface area is 315 Å². The number of phenols is 2. The molecule has 0 spiro atoms. The van der Waals surface area contributed by atoms with Crippen LogP contribution in [0.1, 0.15) is 103 Å². The number of cyclic esters (lactones) is 1. The minimum absolute atomic E-state index is 0.0445. The van der Waals surface area contributed by atoms with Gasteiger partial charge in [0.2, 0.25) is 11.7 Å². The van der Waals surface area contributed by atoms with Crippen LogP contribution in [0, 0.1) is 11.3 Å². The molecule has 1 unspecified atom stereocenters. The van der Waals surface area contributed by atoms with E-state index in [4.69, 9.17) is 18.9 Å². The van der Waals surface area contributed by atoms with Crippen molar-refractivity contribution < 1.29 is 43.5 Å². The fourth-order valence-corrected chi connectivity index (χ4v) is 7.15. The van der Waals surface area contributed by atoms with Crippen LogP contribution in [-0.4, -0.2) is 79.4 Å². The first kappa shape index (κ1) is 39.4. The fourth-order valence-electron chi connectivity index (χ4n) is 7.15. The molecule has 13 heteroatoms. The third kappa shape index (κ3) is 9.23. The minimum atomic E-state index is -0.996. The van der Waals surface area contributed by atoms with Gasteiger partial charge in [0, 0.05) is 56.1 Å². The summed E-state index contributed by atoms with van der Waals surface area (Å²) in [5.41, 5.74) is 0.980. The van der Waals surface area contributed by atoms with Crippen LogP contribution in [0.2, 0.25) is 0 Å². The van der Waals surface area contributed by atoms with Gasteiger partial charge in [-0.15, -0.1) is 0 Å². The predicted molar refractivity (Wildman–Crippen MR) is 201 cm³/mol. The molecular formula is C41H48N4O9. The number of piperidine rings is 1. The molecule has 3 N–H and O–H groups in total. The van der Waals surface area contributed by atoms with Gasteiger partial charge in [-0.25, -0.2) is 9.78 Å². The Bertz CT molecular complexity index is 1890. The number of ketones is 1. The van der Waals surface area contributed by atoms with E-state index in [1.54, 1.807) is 49.5 Å². The number of methoxy groups -OCH3 is 3. The number of esters is 1. The number of hydrogen-bond acceptors (Lipinski definition) is 12. The lowest BCUT2D eigenvalue weighted by Gasteiger charge is -2.33. The highest BCUT2D eigenvalue weighted by atomic mass is 16.5. The summed E-state index contributed by atoms with van der Waals surface area (Å²) in [6.07, 6.45) is 8.52. The maximum Gasteiger partial charge on any atom is 0.342 e. The smallest absolute Gasteiger partial charge is 0.342 e. The lowest BCUT2D eigenvalue weighted by molar-refractivity contribution is -0.122. The van der Waals surface area contributed by atoms with E-state index in [1.165, 1.54) is 27.4 Å². The number of fused-ring (bicyclic) bond motifs is 1. The van der Waals surface area contributed by atoms with Gasteiger partial charge < -0.3 is 39.4 Å². The average molecular weight is 741 g/mol. The van der Waals surface area contributed by atoms with Crippen LogP contribution in [-0.2, 0) is 14.3 Å². The molecule has 286 valence electrons. The van der Waals surface area contributed by atoms with E-state index >= 15 is 0 Å². The van der Waals surface area contributed by atoms with Gasteiger partial charge in [-0.1, -0.05) is 12.2 Å². The van der Waals surface area contributed by atoms with Crippen molar-refractivity contribution in [3.63, 3.8) is 0 Å². The van der Waals surface area contributed by atoms with Crippen LogP contribution >= 0.6 is 0 Å². The summed E-state index contributed by atoms with van der Waals surface area (Å²) in [4.78, 5) is 46.4. The molecule has 2 aliphatic heterocycles. The van der Waals surface area contributed by atoms with Gasteiger partial charge >= 0.3 is 5.97 Å². The maximum absolute atomic E-state index is 14.0. The van der Waals surface area contributed by atoms with Crippen molar-refractivity contribution in [2.75, 3.05) is 39.3 Å². The van der Waals surface area contributed by atoms with Crippen LogP contribution in [0.4, 0.5) is 5.82 Å². The van der Waals surface area contributed by atoms with Crippen molar-refractivity contribution in [1.29, 1.82) is 5.26 Å². The number of pyridine rings is 1. The zero-order valence-electron chi connectivity index (χ0n) is 31.2. The van der Waals surface area contributed by atoms with Crippen molar-refractivity contribution in [3.05, 3.63) is 70.4 Å². The van der Waals surface area contributed by atoms with Crippen LogP contribution < -0.4 is 24.4 Å². The third-order valence-corrected chi connectivity index (χ3v) is 9.95. The molecule has 2 aromatic carbocycles. The highest BCUT2D eigenvalue weighted by Crippen LogP contribution is 2.48. The van der Waals surface area contributed by atoms with Crippen LogP contribution in [0.5, 0.6) is 28.7 Å². The SMILES string of the molecule is COc1cc(C(CC(=O)NC2CCN(c3ncccc3C#N)CC2)c2c(O)cc3c(c2O)C(=O)O[C@@H](C)CCCC(=O)CCCC=C3)cc(OC)c1OC. The van der Waals surface area contributed by atoms with Gasteiger partial charge in [0.25, 0.3) is 0 Å². The number of aromatic hydroxyl groups is 2. The number of carbonyl (C=O) groups excluding carboxylic acids is 3. The molecule has 13 nitrogen and oxygen atoms in total. The summed E-state index contributed by atoms with van der Waals surface area (Å²) < 4.78 is 22.5. The zero-order chi connectivity index (χ0) is 38.8. The molecule has 1 fully saturated rings. The van der Waals surface area contributed by atoms with Gasteiger partial charge in [-0.3, -0.25) is 9.59 Å². The van der Waals surface area contributed by atoms with Crippen LogP contribution in [0.3, 0.4) is 0 Å². The molecule has 3 heterocycles. The molecule has 0 radical (unpaired) electrons. The van der Waals surface area contributed by atoms with Gasteiger partial charge in [0.15, 0.2) is 11.5 Å². The number of hydrogen-bond donors (Lipinski definition) is 3. The van der Waals surface area contributed by atoms with Crippen LogP contribution in [0.25, 0.3) is 6.08 Å². The van der Waals surface area contributed by atoms with E-state index in [-0.39, 0.29) is 46.6 Å². The Morgan fingerprint density at radius 3 is 2.43 bits per heavy atom. The Morgan fingerprint density at radius 1 is 1.06 bits per heavy atom. The summed E-state index contributed by atoms with van der Waals surface area (Å²) in [7, 11) is 4.38. The number of rotatable bonds is 9. The number of carbonyl (C=O) groups is 3. The van der Waals surface area contributed by atoms with Gasteiger partial charge in [-0.2, -0.15) is 5.26 Å². The molecule has 5 rings (SSSR count). The lowest BCUT2D eigenvalue weighted by Crippen LogP contribution is -2.45. The summed E-state index contributed by atoms with van der Waals surface area (Å²) >= 11 is 0. The second-order valence-corrected chi connectivity index (χ2v) is 13.6. The van der Waals surface area contributed by atoms with E-state index in [9.17, 15) is 29.9 Å². The second kappa shape index (κ2) is 18.3. The fraction of sp³-hybridized carbons (Fsp3) is 0.439. The van der Waals surface area contributed by atoms with Crippen LogP contribution in [0.15, 0.2) is 42.6 Å². The van der Waals surface area contributed by atoms with Gasteiger partial charge in [0.1, 0.15) is 34.7 Å². The zero-order valence-corrected chi connectivity index (χ0v) is 31.2. The number of benzene rings is 2. The highest BCUT2D eigenvalue weighted by Gasteiger charge is 2.33. The minimum Gasteiger partial charge on any atom is -0.507 e. The number of nitriles is 1. The monoisotopic (exact) mass is 740 g/mol. The lowest BCUT2D eigenvalue weighted by atomic mass is 9.84. The number of amides is 1. The second-order valence-electron chi connectivity index (χ2n) is 13.6. The largest absolute Gasteiger partial charge is 0.507 e. The van der Waals surface area contributed by atoms with Gasteiger partial charge in [-0.05, 0) is 86.9 Å². The summed E-state index contributed by atoms with van der Waals surface area (Å²) in [6, 6.07) is 10.1. The van der Waals surface area contributed by atoms with E-state index in [0.717, 1.165) is 0 Å². The Hall–Kier alpha value is -5.77. The van der Waals surface area contributed by atoms with E-state index in [2.05, 4.69) is 16.4 Å².